The molecule has 0 amide bonds. The van der Waals surface area contributed by atoms with Crippen LogP contribution in [0.15, 0.2) is 54.6 Å². The number of allylic oxidation sites excluding steroid dienone is 1. The van der Waals surface area contributed by atoms with Crippen LogP contribution in [0, 0.1) is 10.1 Å². The van der Waals surface area contributed by atoms with Crippen LogP contribution in [0.2, 0.25) is 0 Å². The molecule has 0 unspecified atom stereocenters. The molecule has 0 bridgehead atoms. The van der Waals surface area contributed by atoms with E-state index in [0.717, 1.165) is 28.3 Å². The minimum atomic E-state index is -4.36. The van der Waals surface area contributed by atoms with Crippen molar-refractivity contribution in [2.24, 2.45) is 0 Å². The lowest BCUT2D eigenvalue weighted by atomic mass is 10.1. The highest BCUT2D eigenvalue weighted by molar-refractivity contribution is 7.15. The molecule has 8 heteroatoms. The number of nitrogens with zero attached hydrogens (tertiary/aromatic N) is 2. The van der Waals surface area contributed by atoms with Gasteiger partial charge in [0.2, 0.25) is 0 Å². The van der Waals surface area contributed by atoms with Crippen molar-refractivity contribution in [2.45, 2.75) is 32.4 Å². The number of hydrogen-bond donors (Lipinski definition) is 0. The van der Waals surface area contributed by atoms with Gasteiger partial charge in [0.1, 0.15) is 5.01 Å². The van der Waals surface area contributed by atoms with Crippen molar-refractivity contribution in [3.05, 3.63) is 86.4 Å². The van der Waals surface area contributed by atoms with Gasteiger partial charge in [0.05, 0.1) is 16.2 Å². The maximum absolute atomic E-state index is 12.8. The topological polar surface area (TPSA) is 56.0 Å². The van der Waals surface area contributed by atoms with Gasteiger partial charge in [-0.25, -0.2) is 4.98 Å². The van der Waals surface area contributed by atoms with Gasteiger partial charge in [0.25, 0.3) is 5.69 Å². The maximum Gasteiger partial charge on any atom is 0.416 e. The van der Waals surface area contributed by atoms with Gasteiger partial charge in [0, 0.05) is 29.0 Å². The molecule has 0 aliphatic rings. The van der Waals surface area contributed by atoms with Crippen molar-refractivity contribution < 1.29 is 18.1 Å². The number of halogens is 3. The predicted molar refractivity (Wildman–Crippen MR) is 112 cm³/mol. The zero-order valence-electron chi connectivity index (χ0n) is 16.3. The summed E-state index contributed by atoms with van der Waals surface area (Å²) in [4.78, 5) is 16.0. The number of thiazole rings is 1. The summed E-state index contributed by atoms with van der Waals surface area (Å²) in [6.45, 7) is 4.05. The number of nitro benzene ring substituents is 1. The minimum Gasteiger partial charge on any atom is -0.258 e. The zero-order chi connectivity index (χ0) is 21.9. The Morgan fingerprint density at radius 2 is 1.73 bits per heavy atom. The zero-order valence-corrected chi connectivity index (χ0v) is 17.1. The van der Waals surface area contributed by atoms with Crippen molar-refractivity contribution in [3.63, 3.8) is 0 Å². The molecule has 2 aromatic carbocycles. The molecule has 0 spiro atoms. The molecule has 0 fully saturated rings. The van der Waals surface area contributed by atoms with Crippen molar-refractivity contribution in [1.29, 1.82) is 0 Å². The molecule has 156 valence electrons. The van der Waals surface area contributed by atoms with Crippen LogP contribution >= 0.6 is 11.3 Å². The Morgan fingerprint density at radius 3 is 2.27 bits per heavy atom. The molecule has 1 aromatic heterocycles. The highest BCUT2D eigenvalue weighted by Crippen LogP contribution is 2.35. The summed E-state index contributed by atoms with van der Waals surface area (Å²) in [5.41, 5.74) is 1.78. The largest absolute Gasteiger partial charge is 0.416 e. The fourth-order valence-corrected chi connectivity index (χ4v) is 4.09. The van der Waals surface area contributed by atoms with Crippen molar-refractivity contribution in [1.82, 2.24) is 4.98 Å². The third-order valence-electron chi connectivity index (χ3n) is 4.45. The van der Waals surface area contributed by atoms with Gasteiger partial charge in [-0.05, 0) is 35.7 Å². The van der Waals surface area contributed by atoms with Crippen LogP contribution in [0.5, 0.6) is 0 Å². The second-order valence-corrected chi connectivity index (χ2v) is 8.10. The lowest BCUT2D eigenvalue weighted by molar-refractivity contribution is -0.384. The van der Waals surface area contributed by atoms with Gasteiger partial charge < -0.3 is 0 Å². The Balaban J connectivity index is 1.80. The standard InChI is InChI=1S/C22H19F3N2O2S/c1-14(2)20-19(5-3-4-15-6-12-18(13-7-15)27(28)29)30-21(26-20)16-8-10-17(11-9-16)22(23,24)25/h3-4,6-14H,5H2,1-2H3. The molecule has 3 aromatic rings. The average molecular weight is 432 g/mol. The van der Waals surface area contributed by atoms with Crippen LogP contribution in [0.4, 0.5) is 18.9 Å². The van der Waals surface area contributed by atoms with E-state index in [2.05, 4.69) is 4.98 Å². The first-order valence-corrected chi connectivity index (χ1v) is 10.0. The number of nitro groups is 1. The quantitative estimate of drug-likeness (QED) is 0.308. The van der Waals surface area contributed by atoms with E-state index < -0.39 is 16.7 Å². The monoisotopic (exact) mass is 432 g/mol. The Labute approximate surface area is 175 Å². The van der Waals surface area contributed by atoms with E-state index in [1.54, 1.807) is 12.1 Å². The van der Waals surface area contributed by atoms with Crippen LogP contribution in [0.25, 0.3) is 16.6 Å². The molecular formula is C22H19F3N2O2S. The minimum absolute atomic E-state index is 0.0397. The summed E-state index contributed by atoms with van der Waals surface area (Å²) < 4.78 is 38.3. The highest BCUT2D eigenvalue weighted by atomic mass is 32.1. The molecule has 0 N–H and O–H groups in total. The molecule has 0 atom stereocenters. The number of rotatable bonds is 6. The van der Waals surface area contributed by atoms with Crippen LogP contribution in [0.1, 0.15) is 41.5 Å². The van der Waals surface area contributed by atoms with Crippen LogP contribution in [-0.4, -0.2) is 9.91 Å². The SMILES string of the molecule is CC(C)c1nc(-c2ccc(C(F)(F)F)cc2)sc1CC=Cc1ccc([N+](=O)[O-])cc1. The third kappa shape index (κ3) is 5.13. The lowest BCUT2D eigenvalue weighted by Crippen LogP contribution is -2.03. The fraction of sp³-hybridized carbons (Fsp3) is 0.227. The normalized spacial score (nSPS) is 12.1. The Hall–Kier alpha value is -3.00. The number of hydrogen-bond acceptors (Lipinski definition) is 4. The Kier molecular flexibility index (Phi) is 6.36. The first-order chi connectivity index (χ1) is 14.1. The van der Waals surface area contributed by atoms with Crippen LogP contribution < -0.4 is 0 Å². The van der Waals surface area contributed by atoms with E-state index in [0.29, 0.717) is 17.0 Å². The molecule has 1 heterocycles. The van der Waals surface area contributed by atoms with Crippen molar-refractivity contribution >= 4 is 23.1 Å². The fourth-order valence-electron chi connectivity index (χ4n) is 2.90. The highest BCUT2D eigenvalue weighted by Gasteiger charge is 2.30. The summed E-state index contributed by atoms with van der Waals surface area (Å²) in [7, 11) is 0. The van der Waals surface area contributed by atoms with Crippen LogP contribution in [-0.2, 0) is 12.6 Å². The molecule has 0 radical (unpaired) electrons. The van der Waals surface area contributed by atoms with E-state index >= 15 is 0 Å². The van der Waals surface area contributed by atoms with Gasteiger partial charge in [-0.2, -0.15) is 13.2 Å². The molecule has 0 aliphatic heterocycles. The molecule has 30 heavy (non-hydrogen) atoms. The number of non-ortho nitro benzene ring substituents is 1. The molecular weight excluding hydrogens is 413 g/mol. The van der Waals surface area contributed by atoms with Crippen molar-refractivity contribution in [2.75, 3.05) is 0 Å². The van der Waals surface area contributed by atoms with E-state index in [1.165, 1.54) is 35.6 Å². The molecule has 0 saturated carbocycles. The van der Waals surface area contributed by atoms with Crippen LogP contribution in [0.3, 0.4) is 0 Å². The molecule has 0 aliphatic carbocycles. The van der Waals surface area contributed by atoms with Gasteiger partial charge in [-0.1, -0.05) is 38.1 Å². The van der Waals surface area contributed by atoms with Gasteiger partial charge in [-0.15, -0.1) is 11.3 Å². The van der Waals surface area contributed by atoms with E-state index in [4.69, 9.17) is 0 Å². The number of benzene rings is 2. The first-order valence-electron chi connectivity index (χ1n) is 9.23. The Morgan fingerprint density at radius 1 is 1.10 bits per heavy atom. The summed E-state index contributed by atoms with van der Waals surface area (Å²) in [6, 6.07) is 11.3. The molecule has 3 rings (SSSR count). The predicted octanol–water partition coefficient (Wildman–Crippen LogP) is 7.12. The smallest absolute Gasteiger partial charge is 0.258 e. The summed E-state index contributed by atoms with van der Waals surface area (Å²) in [5.74, 6) is 0.173. The van der Waals surface area contributed by atoms with E-state index in [-0.39, 0.29) is 11.6 Å². The average Bonchev–Trinajstić information content (AvgIpc) is 3.12. The molecule has 0 saturated heterocycles. The summed E-state index contributed by atoms with van der Waals surface area (Å²) >= 11 is 1.46. The third-order valence-corrected chi connectivity index (χ3v) is 5.59. The second kappa shape index (κ2) is 8.79. The first kappa shape index (κ1) is 21.7. The van der Waals surface area contributed by atoms with Gasteiger partial charge in [-0.3, -0.25) is 10.1 Å². The van der Waals surface area contributed by atoms with E-state index in [9.17, 15) is 23.3 Å². The van der Waals surface area contributed by atoms with E-state index in [1.807, 2.05) is 26.0 Å². The van der Waals surface area contributed by atoms with Gasteiger partial charge in [0.15, 0.2) is 0 Å². The Bertz CT molecular complexity index is 1050. The van der Waals surface area contributed by atoms with Crippen molar-refractivity contribution in [3.8, 4) is 10.6 Å². The second-order valence-electron chi connectivity index (χ2n) is 7.01. The lowest BCUT2D eigenvalue weighted by Gasteiger charge is -2.06. The maximum atomic E-state index is 12.8. The summed E-state index contributed by atoms with van der Waals surface area (Å²) in [5, 5.41) is 11.4. The number of alkyl halides is 3. The summed E-state index contributed by atoms with van der Waals surface area (Å²) in [6.07, 6.45) is 0.0869. The number of aromatic nitrogens is 1. The molecule has 4 nitrogen and oxygen atoms in total. The van der Waals surface area contributed by atoms with Gasteiger partial charge >= 0.3 is 6.18 Å².